The third kappa shape index (κ3) is 7.27. The van der Waals surface area contributed by atoms with Gasteiger partial charge in [-0.3, -0.25) is 4.79 Å². The van der Waals surface area contributed by atoms with Crippen molar-refractivity contribution in [1.29, 1.82) is 0 Å². The molecular weight excluding hydrogens is 264 g/mol. The fraction of sp³-hybridized carbons (Fsp3) is 0.615. The van der Waals surface area contributed by atoms with Crippen LogP contribution < -0.4 is 10.6 Å². The van der Waals surface area contributed by atoms with E-state index in [4.69, 9.17) is 9.47 Å². The SMILES string of the molecule is COCCOCCCNCc1sccc1NC(C)=O. The highest BCUT2D eigenvalue weighted by Crippen LogP contribution is 2.21. The molecule has 0 fully saturated rings. The average Bonchev–Trinajstić information content (AvgIpc) is 2.79. The van der Waals surface area contributed by atoms with Gasteiger partial charge in [0, 0.05) is 32.1 Å². The lowest BCUT2D eigenvalue weighted by Gasteiger charge is -2.07. The second kappa shape index (κ2) is 9.91. The van der Waals surface area contributed by atoms with Crippen molar-refractivity contribution < 1.29 is 14.3 Å². The number of ether oxygens (including phenoxy) is 2. The van der Waals surface area contributed by atoms with Crippen LogP contribution in [0.3, 0.4) is 0 Å². The molecule has 0 aliphatic heterocycles. The van der Waals surface area contributed by atoms with E-state index in [2.05, 4.69) is 10.6 Å². The van der Waals surface area contributed by atoms with Gasteiger partial charge in [0.1, 0.15) is 0 Å². The molecule has 1 aromatic heterocycles. The molecule has 0 aromatic carbocycles. The van der Waals surface area contributed by atoms with Crippen molar-refractivity contribution in [2.75, 3.05) is 38.8 Å². The van der Waals surface area contributed by atoms with E-state index in [1.807, 2.05) is 11.4 Å². The van der Waals surface area contributed by atoms with Gasteiger partial charge >= 0.3 is 0 Å². The number of methoxy groups -OCH3 is 1. The lowest BCUT2D eigenvalue weighted by Crippen LogP contribution is -2.17. The number of nitrogens with one attached hydrogen (secondary N) is 2. The van der Waals surface area contributed by atoms with E-state index in [9.17, 15) is 4.79 Å². The van der Waals surface area contributed by atoms with Crippen LogP contribution in [0.5, 0.6) is 0 Å². The largest absolute Gasteiger partial charge is 0.382 e. The summed E-state index contributed by atoms with van der Waals surface area (Å²) in [5.41, 5.74) is 0.904. The van der Waals surface area contributed by atoms with Gasteiger partial charge in [0.05, 0.1) is 18.9 Å². The molecule has 0 bridgehead atoms. The van der Waals surface area contributed by atoms with Gasteiger partial charge in [-0.25, -0.2) is 0 Å². The minimum absolute atomic E-state index is 0.0359. The first-order valence-electron chi connectivity index (χ1n) is 6.35. The summed E-state index contributed by atoms with van der Waals surface area (Å²) in [5, 5.41) is 8.14. The van der Waals surface area contributed by atoms with Crippen LogP contribution in [0, 0.1) is 0 Å². The van der Waals surface area contributed by atoms with E-state index >= 15 is 0 Å². The summed E-state index contributed by atoms with van der Waals surface area (Å²) in [6.45, 7) is 5.21. The number of carbonyl (C=O) groups excluding carboxylic acids is 1. The zero-order chi connectivity index (χ0) is 13.9. The number of carbonyl (C=O) groups is 1. The Morgan fingerprint density at radius 2 is 2.21 bits per heavy atom. The highest BCUT2D eigenvalue weighted by atomic mass is 32.1. The Bertz CT molecular complexity index is 369. The maximum Gasteiger partial charge on any atom is 0.221 e. The first-order chi connectivity index (χ1) is 9.24. The van der Waals surface area contributed by atoms with Gasteiger partial charge in [-0.15, -0.1) is 11.3 Å². The van der Waals surface area contributed by atoms with Gasteiger partial charge < -0.3 is 20.1 Å². The Hall–Kier alpha value is -0.950. The Balaban J connectivity index is 2.09. The lowest BCUT2D eigenvalue weighted by molar-refractivity contribution is -0.114. The van der Waals surface area contributed by atoms with Crippen molar-refractivity contribution in [2.45, 2.75) is 19.9 Å². The van der Waals surface area contributed by atoms with Gasteiger partial charge in [-0.1, -0.05) is 0 Å². The van der Waals surface area contributed by atoms with Gasteiger partial charge in [0.25, 0.3) is 0 Å². The molecule has 0 saturated heterocycles. The number of hydrogen-bond acceptors (Lipinski definition) is 5. The summed E-state index contributed by atoms with van der Waals surface area (Å²) < 4.78 is 10.3. The lowest BCUT2D eigenvalue weighted by atomic mass is 10.3. The molecule has 0 spiro atoms. The van der Waals surface area contributed by atoms with E-state index < -0.39 is 0 Å². The first kappa shape index (κ1) is 16.1. The second-order valence-corrected chi connectivity index (χ2v) is 5.07. The summed E-state index contributed by atoms with van der Waals surface area (Å²) in [4.78, 5) is 12.2. The number of anilines is 1. The quantitative estimate of drug-likeness (QED) is 0.644. The number of amides is 1. The summed E-state index contributed by atoms with van der Waals surface area (Å²) in [7, 11) is 1.67. The fourth-order valence-electron chi connectivity index (χ4n) is 1.52. The van der Waals surface area contributed by atoms with E-state index in [1.165, 1.54) is 6.92 Å². The molecule has 6 heteroatoms. The Morgan fingerprint density at radius 3 is 2.95 bits per heavy atom. The molecule has 1 heterocycles. The summed E-state index contributed by atoms with van der Waals surface area (Å²) in [6, 6.07) is 1.93. The molecule has 19 heavy (non-hydrogen) atoms. The molecule has 5 nitrogen and oxygen atoms in total. The van der Waals surface area contributed by atoms with Crippen molar-refractivity contribution >= 4 is 22.9 Å². The van der Waals surface area contributed by atoms with Crippen molar-refractivity contribution in [3.63, 3.8) is 0 Å². The zero-order valence-corrected chi connectivity index (χ0v) is 12.3. The summed E-state index contributed by atoms with van der Waals surface area (Å²) >= 11 is 1.64. The third-order valence-electron chi connectivity index (χ3n) is 2.42. The molecule has 108 valence electrons. The van der Waals surface area contributed by atoms with Gasteiger partial charge in [0.2, 0.25) is 5.91 Å². The molecule has 1 rings (SSSR count). The molecule has 0 aliphatic carbocycles. The van der Waals surface area contributed by atoms with Crippen LogP contribution in [0.4, 0.5) is 5.69 Å². The van der Waals surface area contributed by atoms with E-state index in [-0.39, 0.29) is 5.91 Å². The maximum atomic E-state index is 11.0. The predicted octanol–water partition coefficient (Wildman–Crippen LogP) is 1.85. The number of hydrogen-bond donors (Lipinski definition) is 2. The minimum atomic E-state index is -0.0359. The Morgan fingerprint density at radius 1 is 1.37 bits per heavy atom. The summed E-state index contributed by atoms with van der Waals surface area (Å²) in [5.74, 6) is -0.0359. The van der Waals surface area contributed by atoms with E-state index in [0.29, 0.717) is 13.2 Å². The number of rotatable bonds is 10. The molecule has 1 aromatic rings. The minimum Gasteiger partial charge on any atom is -0.382 e. The van der Waals surface area contributed by atoms with Crippen LogP contribution in [0.25, 0.3) is 0 Å². The van der Waals surface area contributed by atoms with Crippen LogP contribution in [0.15, 0.2) is 11.4 Å². The molecule has 0 atom stereocenters. The molecule has 0 saturated carbocycles. The van der Waals surface area contributed by atoms with Crippen molar-refractivity contribution in [3.8, 4) is 0 Å². The van der Waals surface area contributed by atoms with Crippen molar-refractivity contribution in [2.24, 2.45) is 0 Å². The number of thiophene rings is 1. The maximum absolute atomic E-state index is 11.0. The average molecular weight is 286 g/mol. The van der Waals surface area contributed by atoms with Crippen LogP contribution in [0.2, 0.25) is 0 Å². The van der Waals surface area contributed by atoms with Gasteiger partial charge in [-0.05, 0) is 24.4 Å². The second-order valence-electron chi connectivity index (χ2n) is 4.07. The Kier molecular flexibility index (Phi) is 8.40. The molecule has 0 radical (unpaired) electrons. The first-order valence-corrected chi connectivity index (χ1v) is 7.23. The third-order valence-corrected chi connectivity index (χ3v) is 3.34. The van der Waals surface area contributed by atoms with Crippen molar-refractivity contribution in [3.05, 3.63) is 16.3 Å². The molecule has 0 aliphatic rings. The summed E-state index contributed by atoms with van der Waals surface area (Å²) in [6.07, 6.45) is 0.963. The smallest absolute Gasteiger partial charge is 0.221 e. The highest BCUT2D eigenvalue weighted by molar-refractivity contribution is 7.10. The molecule has 2 N–H and O–H groups in total. The zero-order valence-electron chi connectivity index (χ0n) is 11.5. The normalized spacial score (nSPS) is 10.6. The topological polar surface area (TPSA) is 59.6 Å². The standard InChI is InChI=1S/C13H22N2O3S/c1-11(16)15-12-4-9-19-13(12)10-14-5-3-6-18-8-7-17-2/h4,9,14H,3,5-8,10H2,1-2H3,(H,15,16). The monoisotopic (exact) mass is 286 g/mol. The molecule has 1 amide bonds. The van der Waals surface area contributed by atoms with Crippen LogP contribution >= 0.6 is 11.3 Å². The van der Waals surface area contributed by atoms with Crippen LogP contribution in [-0.2, 0) is 20.8 Å². The highest BCUT2D eigenvalue weighted by Gasteiger charge is 2.04. The van der Waals surface area contributed by atoms with E-state index in [1.54, 1.807) is 18.4 Å². The van der Waals surface area contributed by atoms with Crippen molar-refractivity contribution in [1.82, 2.24) is 5.32 Å². The molecular formula is C13H22N2O3S. The van der Waals surface area contributed by atoms with Crippen LogP contribution in [0.1, 0.15) is 18.2 Å². The van der Waals surface area contributed by atoms with E-state index in [0.717, 1.165) is 36.7 Å². The van der Waals surface area contributed by atoms with Gasteiger partial charge in [-0.2, -0.15) is 0 Å². The van der Waals surface area contributed by atoms with Gasteiger partial charge in [0.15, 0.2) is 0 Å². The van der Waals surface area contributed by atoms with Crippen LogP contribution in [-0.4, -0.2) is 39.4 Å². The molecule has 0 unspecified atom stereocenters. The Labute approximate surface area is 118 Å². The fourth-order valence-corrected chi connectivity index (χ4v) is 2.32. The predicted molar refractivity (Wildman–Crippen MR) is 77.6 cm³/mol.